The second-order valence-corrected chi connectivity index (χ2v) is 7.79. The Balaban J connectivity index is 1.88. The summed E-state index contributed by atoms with van der Waals surface area (Å²) in [5.74, 6) is -1.31. The Labute approximate surface area is 162 Å². The van der Waals surface area contributed by atoms with Gasteiger partial charge in [-0.15, -0.1) is 0 Å². The highest BCUT2D eigenvalue weighted by atomic mass is 15.1. The first-order chi connectivity index (χ1) is 13.6. The highest BCUT2D eigenvalue weighted by Crippen LogP contribution is 2.65. The third kappa shape index (κ3) is 1.69. The summed E-state index contributed by atoms with van der Waals surface area (Å²) in [4.78, 5) is 0. The van der Waals surface area contributed by atoms with Gasteiger partial charge in [-0.1, -0.05) is 23.8 Å². The molecule has 2 aliphatic heterocycles. The van der Waals surface area contributed by atoms with Gasteiger partial charge in [0, 0.05) is 5.92 Å². The number of hydrogen-bond donors (Lipinski definition) is 0. The van der Waals surface area contributed by atoms with E-state index < -0.39 is 22.7 Å². The van der Waals surface area contributed by atoms with Crippen molar-refractivity contribution in [1.82, 2.24) is 0 Å². The Morgan fingerprint density at radius 2 is 1.61 bits per heavy atom. The smallest absolute Gasteiger partial charge is 0.188 e. The fourth-order valence-corrected chi connectivity index (χ4v) is 5.31. The van der Waals surface area contributed by atoms with Crippen molar-refractivity contribution in [2.75, 3.05) is 0 Å². The molecule has 2 atom stereocenters. The summed E-state index contributed by atoms with van der Waals surface area (Å²) in [6.07, 6.45) is 4.72. The largest absolute Gasteiger partial charge is 0.196 e. The van der Waals surface area contributed by atoms with Crippen LogP contribution in [-0.4, -0.2) is 0 Å². The van der Waals surface area contributed by atoms with Crippen molar-refractivity contribution in [1.29, 1.82) is 21.0 Å². The fourth-order valence-electron chi connectivity index (χ4n) is 5.31. The van der Waals surface area contributed by atoms with Gasteiger partial charge in [0.1, 0.15) is 0 Å². The molecular formula is C22H14N6. The SMILES string of the molecule is N#CC1(C#N)[C@H]2C3=C[C@H](C4=C2N=Nc2cc(ccc2CC4)CC3)C1(C#N)C#N. The molecule has 1 aromatic rings. The van der Waals surface area contributed by atoms with Crippen LogP contribution in [-0.2, 0) is 12.8 Å². The summed E-state index contributed by atoms with van der Waals surface area (Å²) in [5.41, 5.74) is 1.90. The predicted molar refractivity (Wildman–Crippen MR) is 97.0 cm³/mol. The van der Waals surface area contributed by atoms with Gasteiger partial charge in [0.05, 0.1) is 41.6 Å². The van der Waals surface area contributed by atoms with Crippen LogP contribution >= 0.6 is 0 Å². The first kappa shape index (κ1) is 16.4. The number of hydrogen-bond acceptors (Lipinski definition) is 6. The Hall–Kier alpha value is -3.74. The molecule has 3 aliphatic carbocycles. The summed E-state index contributed by atoms with van der Waals surface area (Å²) in [6, 6.07) is 14.6. The van der Waals surface area contributed by atoms with Gasteiger partial charge >= 0.3 is 0 Å². The molecule has 0 unspecified atom stereocenters. The molecule has 0 fully saturated rings. The predicted octanol–water partition coefficient (Wildman–Crippen LogP) is 4.17. The number of azo groups is 1. The summed E-state index contributed by atoms with van der Waals surface area (Å²) in [6.45, 7) is 0. The molecule has 6 bridgehead atoms. The van der Waals surface area contributed by atoms with E-state index >= 15 is 0 Å². The van der Waals surface area contributed by atoms with Crippen LogP contribution in [0.15, 0.2) is 51.3 Å². The van der Waals surface area contributed by atoms with Crippen molar-refractivity contribution in [2.24, 2.45) is 32.9 Å². The number of benzene rings is 1. The summed E-state index contributed by atoms with van der Waals surface area (Å²) in [7, 11) is 0. The van der Waals surface area contributed by atoms with Gasteiger partial charge in [-0.05, 0) is 48.4 Å². The van der Waals surface area contributed by atoms with Gasteiger partial charge in [-0.2, -0.15) is 31.3 Å². The molecule has 0 radical (unpaired) electrons. The fraction of sp³-hybridized carbons (Fsp3) is 0.364. The molecule has 28 heavy (non-hydrogen) atoms. The Morgan fingerprint density at radius 3 is 2.32 bits per heavy atom. The number of rotatable bonds is 0. The van der Waals surface area contributed by atoms with E-state index in [1.807, 2.05) is 6.08 Å². The average molecular weight is 362 g/mol. The first-order valence-corrected chi connectivity index (χ1v) is 9.26. The quantitative estimate of drug-likeness (QED) is 0.643. The molecule has 0 aromatic heterocycles. The number of nitrogens with zero attached hydrogens (tertiary/aromatic N) is 6. The van der Waals surface area contributed by atoms with Crippen molar-refractivity contribution < 1.29 is 0 Å². The van der Waals surface area contributed by atoms with Crippen LogP contribution in [0, 0.1) is 68.0 Å². The number of nitriles is 4. The lowest BCUT2D eigenvalue weighted by molar-refractivity contribution is 0.150. The van der Waals surface area contributed by atoms with Crippen molar-refractivity contribution in [3.8, 4) is 24.3 Å². The first-order valence-electron chi connectivity index (χ1n) is 9.26. The zero-order valence-electron chi connectivity index (χ0n) is 15.0. The molecular weight excluding hydrogens is 348 g/mol. The van der Waals surface area contributed by atoms with E-state index in [2.05, 4.69) is 52.7 Å². The van der Waals surface area contributed by atoms with E-state index in [0.717, 1.165) is 40.8 Å². The van der Waals surface area contributed by atoms with E-state index in [-0.39, 0.29) is 0 Å². The highest BCUT2D eigenvalue weighted by molar-refractivity contribution is 5.58. The van der Waals surface area contributed by atoms with Gasteiger partial charge in [0.2, 0.25) is 0 Å². The third-order valence-corrected chi connectivity index (χ3v) is 6.74. The zero-order chi connectivity index (χ0) is 19.5. The van der Waals surface area contributed by atoms with Crippen LogP contribution in [0.1, 0.15) is 24.0 Å². The summed E-state index contributed by atoms with van der Waals surface area (Å²) < 4.78 is 0. The molecule has 132 valence electrons. The van der Waals surface area contributed by atoms with Crippen molar-refractivity contribution in [2.45, 2.75) is 25.7 Å². The molecule has 5 aliphatic rings. The summed E-state index contributed by atoms with van der Waals surface area (Å²) in [5, 5.41) is 49.3. The molecule has 0 N–H and O–H groups in total. The van der Waals surface area contributed by atoms with E-state index in [1.54, 1.807) is 0 Å². The second-order valence-electron chi connectivity index (χ2n) is 7.79. The maximum Gasteiger partial charge on any atom is 0.188 e. The lowest BCUT2D eigenvalue weighted by Gasteiger charge is -2.52. The van der Waals surface area contributed by atoms with E-state index in [1.165, 1.54) is 0 Å². The molecule has 6 heteroatoms. The van der Waals surface area contributed by atoms with Gasteiger partial charge in [0.25, 0.3) is 0 Å². The number of aryl methyl sites for hydroxylation is 2. The monoisotopic (exact) mass is 362 g/mol. The summed E-state index contributed by atoms with van der Waals surface area (Å²) >= 11 is 0. The molecule has 0 saturated carbocycles. The average Bonchev–Trinajstić information content (AvgIpc) is 2.71. The zero-order valence-corrected chi connectivity index (χ0v) is 15.0. The minimum atomic E-state index is -1.79. The normalized spacial score (nSPS) is 27.1. The lowest BCUT2D eigenvalue weighted by atomic mass is 9.44. The van der Waals surface area contributed by atoms with Crippen molar-refractivity contribution >= 4 is 5.69 Å². The molecule has 6 nitrogen and oxygen atoms in total. The van der Waals surface area contributed by atoms with Crippen molar-refractivity contribution in [3.63, 3.8) is 0 Å². The maximum absolute atomic E-state index is 10.1. The number of allylic oxidation sites excluding steroid dienone is 3. The van der Waals surface area contributed by atoms with Gasteiger partial charge in [-0.25, -0.2) is 0 Å². The van der Waals surface area contributed by atoms with E-state index in [9.17, 15) is 21.0 Å². The molecule has 2 heterocycles. The standard InChI is InChI=1S/C22H14N6/c23-9-21(10-24)17-8-15-4-2-13-1-3-14-5-6-16(17)20(28-27-18(14)7-13)19(15)22(21,11-25)12-26/h1,3,7-8,17,19H,2,4-6H2/t17-,19+/m1/s1. The molecule has 0 saturated heterocycles. The van der Waals surface area contributed by atoms with E-state index in [4.69, 9.17) is 0 Å². The molecule has 6 rings (SSSR count). The van der Waals surface area contributed by atoms with Crippen LogP contribution in [0.25, 0.3) is 0 Å². The van der Waals surface area contributed by atoms with Gasteiger partial charge in [-0.3, -0.25) is 0 Å². The van der Waals surface area contributed by atoms with Crippen LogP contribution in [0.2, 0.25) is 0 Å². The van der Waals surface area contributed by atoms with Crippen LogP contribution in [0.5, 0.6) is 0 Å². The third-order valence-electron chi connectivity index (χ3n) is 6.74. The lowest BCUT2D eigenvalue weighted by Crippen LogP contribution is -2.56. The second kappa shape index (κ2) is 5.39. The van der Waals surface area contributed by atoms with Crippen LogP contribution in [0.3, 0.4) is 0 Å². The highest BCUT2D eigenvalue weighted by Gasteiger charge is 2.70. The number of fused-ring (bicyclic) bond motifs is 2. The Kier molecular flexibility index (Phi) is 3.16. The minimum absolute atomic E-state index is 0.615. The topological polar surface area (TPSA) is 120 Å². The minimum Gasteiger partial charge on any atom is -0.196 e. The Bertz CT molecular complexity index is 1160. The van der Waals surface area contributed by atoms with Gasteiger partial charge in [0.15, 0.2) is 10.8 Å². The maximum atomic E-state index is 10.1. The van der Waals surface area contributed by atoms with Crippen molar-refractivity contribution in [3.05, 3.63) is 52.2 Å². The van der Waals surface area contributed by atoms with Crippen LogP contribution in [0.4, 0.5) is 5.69 Å². The van der Waals surface area contributed by atoms with Gasteiger partial charge < -0.3 is 0 Å². The van der Waals surface area contributed by atoms with Crippen LogP contribution < -0.4 is 0 Å². The molecule has 0 amide bonds. The Morgan fingerprint density at radius 1 is 0.857 bits per heavy atom. The molecule has 1 aromatic carbocycles. The molecule has 0 spiro atoms. The van der Waals surface area contributed by atoms with E-state index in [0.29, 0.717) is 18.5 Å².